The largest absolute Gasteiger partial charge is 0.316 e. The zero-order valence-corrected chi connectivity index (χ0v) is 16.5. The summed E-state index contributed by atoms with van der Waals surface area (Å²) in [4.78, 5) is 0. The van der Waals surface area contributed by atoms with Gasteiger partial charge in [0.25, 0.3) is 0 Å². The molecule has 4 rings (SSSR count). The third-order valence-corrected chi connectivity index (χ3v) is 6.97. The van der Waals surface area contributed by atoms with Crippen molar-refractivity contribution in [2.45, 2.75) is 73.1 Å². The summed E-state index contributed by atoms with van der Waals surface area (Å²) < 4.78 is 0. The lowest BCUT2D eigenvalue weighted by molar-refractivity contribution is 0.0861. The van der Waals surface area contributed by atoms with Gasteiger partial charge in [0.1, 0.15) is 0 Å². The maximum Gasteiger partial charge on any atom is 0.00202 e. The number of hydrogen-bond donors (Lipinski definition) is 2. The molecule has 2 heterocycles. The fraction of sp³-hybridized carbons (Fsp3) is 1.00. The zero-order valence-electron chi connectivity index (χ0n) is 16.5. The van der Waals surface area contributed by atoms with Gasteiger partial charge in [-0.1, -0.05) is 47.5 Å². The van der Waals surface area contributed by atoms with E-state index in [-0.39, 0.29) is 0 Å². The summed E-state index contributed by atoms with van der Waals surface area (Å²) in [6.45, 7) is 16.3. The van der Waals surface area contributed by atoms with Crippen molar-refractivity contribution in [3.63, 3.8) is 0 Å². The minimum Gasteiger partial charge on any atom is -0.316 e. The first-order valence-corrected chi connectivity index (χ1v) is 10.5. The fourth-order valence-electron chi connectivity index (χ4n) is 4.96. The van der Waals surface area contributed by atoms with E-state index in [0.717, 1.165) is 35.0 Å². The maximum atomic E-state index is 3.48. The second-order valence-electron chi connectivity index (χ2n) is 8.94. The average molecular weight is 323 g/mol. The standard InChI is InChI=1S/C10H19N.C9H17N.C2H6/c1-7(2)8-3-9-5-11-6-10(9)4-8;1-8-2-4-9(5-3-8)6-10-7-9;1-2/h7-11H,3-6H2,1-2H3;8,10H,2-7H2,1H3;1-2H3. The highest BCUT2D eigenvalue weighted by molar-refractivity contribution is 4.95. The maximum absolute atomic E-state index is 3.48. The molecule has 136 valence electrons. The van der Waals surface area contributed by atoms with Gasteiger partial charge in [-0.3, -0.25) is 0 Å². The molecule has 4 aliphatic rings. The second kappa shape index (κ2) is 8.85. The van der Waals surface area contributed by atoms with Crippen molar-refractivity contribution < 1.29 is 0 Å². The van der Waals surface area contributed by atoms with Crippen LogP contribution in [0.15, 0.2) is 0 Å². The molecular weight excluding hydrogens is 280 g/mol. The van der Waals surface area contributed by atoms with Crippen molar-refractivity contribution in [3.8, 4) is 0 Å². The van der Waals surface area contributed by atoms with Gasteiger partial charge in [0.15, 0.2) is 0 Å². The molecule has 2 saturated heterocycles. The molecule has 0 aromatic carbocycles. The molecule has 2 unspecified atom stereocenters. The summed E-state index contributed by atoms with van der Waals surface area (Å²) in [5.41, 5.74) is 0.770. The van der Waals surface area contributed by atoms with Crippen molar-refractivity contribution in [2.24, 2.45) is 35.0 Å². The third kappa shape index (κ3) is 4.95. The minimum atomic E-state index is 0.770. The molecule has 2 atom stereocenters. The molecule has 2 nitrogen and oxygen atoms in total. The molecule has 2 aliphatic heterocycles. The van der Waals surface area contributed by atoms with Gasteiger partial charge in [-0.15, -0.1) is 0 Å². The summed E-state index contributed by atoms with van der Waals surface area (Å²) in [6.07, 6.45) is 8.91. The summed E-state index contributed by atoms with van der Waals surface area (Å²) >= 11 is 0. The van der Waals surface area contributed by atoms with Gasteiger partial charge in [0.05, 0.1) is 0 Å². The van der Waals surface area contributed by atoms with Gasteiger partial charge in [0, 0.05) is 13.1 Å². The molecule has 23 heavy (non-hydrogen) atoms. The van der Waals surface area contributed by atoms with Crippen LogP contribution >= 0.6 is 0 Å². The quantitative estimate of drug-likeness (QED) is 0.731. The van der Waals surface area contributed by atoms with Gasteiger partial charge < -0.3 is 10.6 Å². The lowest BCUT2D eigenvalue weighted by Crippen LogP contribution is -2.54. The summed E-state index contributed by atoms with van der Waals surface area (Å²) in [5.74, 6) is 5.02. The topological polar surface area (TPSA) is 24.1 Å². The van der Waals surface area contributed by atoms with E-state index in [0.29, 0.717) is 0 Å². The summed E-state index contributed by atoms with van der Waals surface area (Å²) in [5, 5.41) is 6.87. The van der Waals surface area contributed by atoms with Gasteiger partial charge >= 0.3 is 0 Å². The molecule has 2 heteroatoms. The lowest BCUT2D eigenvalue weighted by atomic mass is 9.67. The van der Waals surface area contributed by atoms with Gasteiger partial charge in [0.2, 0.25) is 0 Å². The smallest absolute Gasteiger partial charge is 0.00202 e. The first kappa shape index (κ1) is 19.2. The van der Waals surface area contributed by atoms with Crippen molar-refractivity contribution in [3.05, 3.63) is 0 Å². The van der Waals surface area contributed by atoms with Crippen LogP contribution in [0.1, 0.15) is 73.1 Å². The molecule has 4 fully saturated rings. The second-order valence-corrected chi connectivity index (χ2v) is 8.94. The first-order valence-electron chi connectivity index (χ1n) is 10.5. The molecule has 0 aromatic heterocycles. The molecule has 2 N–H and O–H groups in total. The van der Waals surface area contributed by atoms with E-state index in [2.05, 4.69) is 31.4 Å². The molecule has 2 saturated carbocycles. The van der Waals surface area contributed by atoms with Crippen LogP contribution in [0.25, 0.3) is 0 Å². The van der Waals surface area contributed by atoms with Crippen LogP contribution in [0.4, 0.5) is 0 Å². The molecule has 0 radical (unpaired) electrons. The molecule has 0 bridgehead atoms. The Kier molecular flexibility index (Phi) is 7.41. The third-order valence-electron chi connectivity index (χ3n) is 6.97. The normalized spacial score (nSPS) is 35.0. The van der Waals surface area contributed by atoms with Crippen LogP contribution < -0.4 is 10.6 Å². The molecule has 1 spiro atoms. The Morgan fingerprint density at radius 2 is 1.39 bits per heavy atom. The monoisotopic (exact) mass is 322 g/mol. The number of nitrogens with one attached hydrogen (secondary N) is 2. The van der Waals surface area contributed by atoms with E-state index in [9.17, 15) is 0 Å². The van der Waals surface area contributed by atoms with E-state index in [4.69, 9.17) is 0 Å². The fourth-order valence-corrected chi connectivity index (χ4v) is 4.96. The Hall–Kier alpha value is -0.0800. The van der Waals surface area contributed by atoms with E-state index in [1.807, 2.05) is 13.8 Å². The predicted octanol–water partition coefficient (Wildman–Crippen LogP) is 4.70. The Balaban J connectivity index is 0.000000152. The Morgan fingerprint density at radius 1 is 0.870 bits per heavy atom. The molecule has 2 aliphatic carbocycles. The molecule has 0 amide bonds. The lowest BCUT2D eigenvalue weighted by Gasteiger charge is -2.47. The Bertz CT molecular complexity index is 313. The van der Waals surface area contributed by atoms with Crippen LogP contribution in [0.2, 0.25) is 0 Å². The average Bonchev–Trinajstić information content (AvgIpc) is 3.11. The Labute approximate surface area is 145 Å². The van der Waals surface area contributed by atoms with E-state index < -0.39 is 0 Å². The first-order chi connectivity index (χ1) is 11.1. The van der Waals surface area contributed by atoms with E-state index in [1.54, 1.807) is 0 Å². The van der Waals surface area contributed by atoms with Crippen LogP contribution in [0.3, 0.4) is 0 Å². The van der Waals surface area contributed by atoms with Crippen molar-refractivity contribution >= 4 is 0 Å². The minimum absolute atomic E-state index is 0.770. The van der Waals surface area contributed by atoms with Crippen molar-refractivity contribution in [2.75, 3.05) is 26.2 Å². The SMILES string of the molecule is CC.CC(C)C1CC2CNCC2C1.CC1CCC2(CC1)CNC2. The predicted molar refractivity (Wildman–Crippen MR) is 102 cm³/mol. The number of rotatable bonds is 1. The van der Waals surface area contributed by atoms with Crippen LogP contribution in [0, 0.1) is 35.0 Å². The Morgan fingerprint density at radius 3 is 1.78 bits per heavy atom. The van der Waals surface area contributed by atoms with Crippen molar-refractivity contribution in [1.82, 2.24) is 10.6 Å². The highest BCUT2D eigenvalue weighted by Crippen LogP contribution is 2.42. The van der Waals surface area contributed by atoms with Gasteiger partial charge in [-0.05, 0) is 73.8 Å². The highest BCUT2D eigenvalue weighted by Gasteiger charge is 2.39. The van der Waals surface area contributed by atoms with E-state index >= 15 is 0 Å². The number of hydrogen-bond acceptors (Lipinski definition) is 2. The number of fused-ring (bicyclic) bond motifs is 1. The van der Waals surface area contributed by atoms with E-state index in [1.165, 1.54) is 64.7 Å². The summed E-state index contributed by atoms with van der Waals surface area (Å²) in [7, 11) is 0. The summed E-state index contributed by atoms with van der Waals surface area (Å²) in [6, 6.07) is 0. The molecule has 0 aromatic rings. The van der Waals surface area contributed by atoms with Crippen LogP contribution in [-0.4, -0.2) is 26.2 Å². The zero-order chi connectivity index (χ0) is 16.9. The highest BCUT2D eigenvalue weighted by atomic mass is 15.0. The van der Waals surface area contributed by atoms with Gasteiger partial charge in [-0.2, -0.15) is 0 Å². The van der Waals surface area contributed by atoms with Crippen LogP contribution in [0.5, 0.6) is 0 Å². The van der Waals surface area contributed by atoms with Gasteiger partial charge in [-0.25, -0.2) is 0 Å². The molecular formula is C21H42N2. The van der Waals surface area contributed by atoms with Crippen LogP contribution in [-0.2, 0) is 0 Å². The van der Waals surface area contributed by atoms with Crippen molar-refractivity contribution in [1.29, 1.82) is 0 Å².